The van der Waals surface area contributed by atoms with Crippen LogP contribution >= 0.6 is 0 Å². The van der Waals surface area contributed by atoms with E-state index in [2.05, 4.69) is 20.9 Å². The van der Waals surface area contributed by atoms with Gasteiger partial charge < -0.3 is 29.6 Å². The molecule has 0 saturated carbocycles. The maximum Gasteiger partial charge on any atom is 0.264 e. The molecule has 0 unspecified atom stereocenters. The fourth-order valence-corrected chi connectivity index (χ4v) is 7.35. The van der Waals surface area contributed by atoms with Gasteiger partial charge in [0, 0.05) is 30.4 Å². The average Bonchev–Trinajstić information content (AvgIpc) is 3.62. The highest BCUT2D eigenvalue weighted by atomic mass is 32.2. The second-order valence-electron chi connectivity index (χ2n) is 14.2. The summed E-state index contributed by atoms with van der Waals surface area (Å²) in [6.07, 6.45) is 5.81. The van der Waals surface area contributed by atoms with Gasteiger partial charge in [-0.05, 0) is 121 Å². The number of nitrogens with zero attached hydrogens (tertiary/aromatic N) is 3. The first-order valence-electron chi connectivity index (χ1n) is 19.8. The third-order valence-corrected chi connectivity index (χ3v) is 11.3. The molecule has 0 aliphatic heterocycles. The van der Waals surface area contributed by atoms with Crippen molar-refractivity contribution in [3.05, 3.63) is 58.4 Å². The van der Waals surface area contributed by atoms with E-state index in [0.717, 1.165) is 54.8 Å². The van der Waals surface area contributed by atoms with E-state index >= 15 is 0 Å². The lowest BCUT2D eigenvalue weighted by Gasteiger charge is -2.18. The predicted octanol–water partition coefficient (Wildman–Crippen LogP) is 3.13. The fourth-order valence-electron chi connectivity index (χ4n) is 5.90. The lowest BCUT2D eigenvalue weighted by molar-refractivity contribution is 0.0950. The molecule has 342 valence electrons. The van der Waals surface area contributed by atoms with Crippen LogP contribution in [0.2, 0.25) is 0 Å². The fraction of sp³-hybridized carbons (Fsp3) is 0.579. The first-order chi connectivity index (χ1) is 28.7. The molecule has 1 aromatic heterocycles. The molecule has 0 bridgehead atoms. The molecule has 0 aliphatic carbocycles. The lowest BCUT2D eigenvalue weighted by Crippen LogP contribution is -2.25. The minimum Gasteiger partial charge on any atom is -0.493 e. The number of ketones is 1. The maximum absolute atomic E-state index is 13.3. The largest absolute Gasteiger partial charge is 0.493 e. The van der Waals surface area contributed by atoms with E-state index in [1.165, 1.54) is 19.1 Å². The minimum absolute atomic E-state index is 0.0126. The third kappa shape index (κ3) is 20.4. The van der Waals surface area contributed by atoms with E-state index in [9.17, 15) is 34.8 Å². The van der Waals surface area contributed by atoms with E-state index < -0.39 is 53.5 Å². The highest BCUT2D eigenvalue weighted by Crippen LogP contribution is 2.39. The number of benzene rings is 2. The summed E-state index contributed by atoms with van der Waals surface area (Å²) in [4.78, 5) is 25.4. The summed E-state index contributed by atoms with van der Waals surface area (Å²) < 4.78 is 120. The summed E-state index contributed by atoms with van der Waals surface area (Å²) in [5, 5.41) is 14.4. The van der Waals surface area contributed by atoms with Gasteiger partial charge in [0.05, 0.1) is 49.4 Å². The van der Waals surface area contributed by atoms with Crippen molar-refractivity contribution in [3.8, 4) is 23.0 Å². The molecule has 0 fully saturated rings. The van der Waals surface area contributed by atoms with E-state index in [0.29, 0.717) is 31.6 Å². The number of aromatic nitrogens is 3. The van der Waals surface area contributed by atoms with E-state index in [1.54, 1.807) is 4.68 Å². The van der Waals surface area contributed by atoms with Crippen LogP contribution in [0.4, 0.5) is 0 Å². The minimum atomic E-state index is -4.31. The maximum atomic E-state index is 13.3. The van der Waals surface area contributed by atoms with E-state index in [1.807, 2.05) is 32.3 Å². The van der Waals surface area contributed by atoms with Gasteiger partial charge in [-0.1, -0.05) is 5.21 Å². The first-order valence-corrected chi connectivity index (χ1v) is 24.6. The van der Waals surface area contributed by atoms with Crippen LogP contribution in [0, 0.1) is 6.92 Å². The molecule has 1 heterocycles. The molecule has 3 rings (SSSR count). The average molecular weight is 920 g/mol. The molecule has 3 aromatic rings. The van der Waals surface area contributed by atoms with E-state index in [-0.39, 0.29) is 74.2 Å². The number of carbonyl (C=O) groups is 2. The van der Waals surface area contributed by atoms with Crippen molar-refractivity contribution in [2.45, 2.75) is 78.2 Å². The third-order valence-electron chi connectivity index (χ3n) is 8.90. The Morgan fingerprint density at radius 2 is 1.21 bits per heavy atom. The molecule has 0 atom stereocenters. The van der Waals surface area contributed by atoms with E-state index in [4.69, 9.17) is 32.6 Å². The molecule has 61 heavy (non-hydrogen) atoms. The van der Waals surface area contributed by atoms with Gasteiger partial charge in [-0.3, -0.25) is 27.9 Å². The molecule has 0 spiro atoms. The normalized spacial score (nSPS) is 12.0. The molecule has 0 saturated heterocycles. The number of Topliss-reactive ketones (excluding diaryl/α,β-unsaturated/α-hetero) is 1. The summed E-state index contributed by atoms with van der Waals surface area (Å²) in [5.74, 6) is -2.08. The van der Waals surface area contributed by atoms with Crippen LogP contribution in [0.5, 0.6) is 23.0 Å². The topological polar surface area (TPSA) is 289 Å². The van der Waals surface area contributed by atoms with Crippen LogP contribution in [0.15, 0.2) is 30.5 Å². The number of ether oxygens (including phenoxy) is 4. The molecule has 5 N–H and O–H groups in total. The van der Waals surface area contributed by atoms with Crippen molar-refractivity contribution in [1.29, 1.82) is 0 Å². The standard InChI is InChI=1S/C38H57N5O15S3/c1-28-23-30(29(2)44)24-34(33(28)12-6-13-39-3)55-16-5-4-11-32-27-43(42-41-32)15-7-14-40-38(45)31-25-35(56-17-8-20-59(46,47)48)37(58-19-10-22-61(52,53)54)36(26-31)57-18-9-21-60(49,50)51/h23-27,39H,4-22H2,1-3H3,(H,40,45)(H,46,47,48)(H,49,50,51)(H,52,53,54). The SMILES string of the molecule is CNCCCc1c(C)cc(C(C)=O)cc1OCCCCc1cn(CCCNC(=O)c2cc(OCCCS(=O)(=O)O)c(OCCCS(=O)(=O)O)c(OCCCS(=O)(=O)O)c2)nn1. The molecular formula is C38H57N5O15S3. The van der Waals surface area contributed by atoms with Gasteiger partial charge in [0.2, 0.25) is 5.75 Å². The smallest absolute Gasteiger partial charge is 0.264 e. The van der Waals surface area contributed by atoms with Crippen LogP contribution in [0.1, 0.15) is 89.4 Å². The Hall–Kier alpha value is -4.39. The first kappa shape index (κ1) is 51.0. The van der Waals surface area contributed by atoms with Crippen LogP contribution < -0.4 is 29.6 Å². The second kappa shape index (κ2) is 24.9. The quantitative estimate of drug-likeness (QED) is 0.0352. The molecule has 0 radical (unpaired) electrons. The Labute approximate surface area is 357 Å². The van der Waals surface area contributed by atoms with Crippen molar-refractivity contribution >= 4 is 42.0 Å². The van der Waals surface area contributed by atoms with Crippen LogP contribution in [-0.2, 0) is 49.7 Å². The zero-order valence-electron chi connectivity index (χ0n) is 34.6. The van der Waals surface area contributed by atoms with Gasteiger partial charge in [0.1, 0.15) is 5.75 Å². The van der Waals surface area contributed by atoms with Gasteiger partial charge in [-0.2, -0.15) is 25.3 Å². The number of rotatable bonds is 31. The number of hydrogen-bond donors (Lipinski definition) is 5. The van der Waals surface area contributed by atoms with Gasteiger partial charge in [-0.15, -0.1) is 5.10 Å². The van der Waals surface area contributed by atoms with Gasteiger partial charge in [0.25, 0.3) is 36.3 Å². The summed E-state index contributed by atoms with van der Waals surface area (Å²) in [5.41, 5.74) is 3.56. The zero-order valence-corrected chi connectivity index (χ0v) is 37.1. The van der Waals surface area contributed by atoms with Crippen LogP contribution in [0.3, 0.4) is 0 Å². The zero-order chi connectivity index (χ0) is 45.1. The predicted molar refractivity (Wildman–Crippen MR) is 225 cm³/mol. The van der Waals surface area contributed by atoms with Gasteiger partial charge in [-0.25, -0.2) is 0 Å². The summed E-state index contributed by atoms with van der Waals surface area (Å²) in [6, 6.07) is 6.30. The molecular weight excluding hydrogens is 863 g/mol. The molecule has 20 nitrogen and oxygen atoms in total. The second-order valence-corrected chi connectivity index (χ2v) is 18.9. The van der Waals surface area contributed by atoms with Crippen molar-refractivity contribution in [1.82, 2.24) is 25.6 Å². The van der Waals surface area contributed by atoms with Gasteiger partial charge in [0.15, 0.2) is 17.3 Å². The summed E-state index contributed by atoms with van der Waals surface area (Å²) in [7, 11) is -11.0. The van der Waals surface area contributed by atoms with Crippen molar-refractivity contribution in [3.63, 3.8) is 0 Å². The Kier molecular flexibility index (Phi) is 20.8. The Balaban J connectivity index is 1.60. The highest BCUT2D eigenvalue weighted by molar-refractivity contribution is 7.86. The Morgan fingerprint density at radius 3 is 1.77 bits per heavy atom. The number of carbonyl (C=O) groups excluding carboxylic acids is 2. The molecule has 0 aliphatic rings. The monoisotopic (exact) mass is 919 g/mol. The van der Waals surface area contributed by atoms with Crippen molar-refractivity contribution in [2.24, 2.45) is 0 Å². The number of hydrogen-bond acceptors (Lipinski definition) is 15. The number of unbranched alkanes of at least 4 members (excludes halogenated alkanes) is 1. The Morgan fingerprint density at radius 1 is 0.672 bits per heavy atom. The number of aryl methyl sites for hydroxylation is 3. The van der Waals surface area contributed by atoms with Crippen LogP contribution in [0.25, 0.3) is 0 Å². The Bertz CT molecular complexity index is 2170. The molecule has 1 amide bonds. The number of amides is 1. The highest BCUT2D eigenvalue weighted by Gasteiger charge is 2.21. The van der Waals surface area contributed by atoms with Crippen LogP contribution in [-0.4, -0.2) is 129 Å². The van der Waals surface area contributed by atoms with Crippen molar-refractivity contribution < 1.29 is 67.4 Å². The van der Waals surface area contributed by atoms with Gasteiger partial charge >= 0.3 is 0 Å². The molecule has 2 aromatic carbocycles. The lowest BCUT2D eigenvalue weighted by atomic mass is 9.98. The van der Waals surface area contributed by atoms with Crippen molar-refractivity contribution in [2.75, 3.05) is 63.8 Å². The summed E-state index contributed by atoms with van der Waals surface area (Å²) in [6.45, 7) is 4.71. The summed E-state index contributed by atoms with van der Waals surface area (Å²) >= 11 is 0. The number of nitrogens with one attached hydrogen (secondary N) is 2. The molecule has 23 heteroatoms.